The molecule has 0 saturated heterocycles. The lowest BCUT2D eigenvalue weighted by Gasteiger charge is -2.11. The van der Waals surface area contributed by atoms with Gasteiger partial charge in [0, 0.05) is 5.33 Å². The predicted molar refractivity (Wildman–Crippen MR) is 44.0 cm³/mol. The third-order valence-electron chi connectivity index (χ3n) is 1.53. The second-order valence-electron chi connectivity index (χ2n) is 2.41. The highest BCUT2D eigenvalue weighted by Crippen LogP contribution is 2.34. The molecule has 0 unspecified atom stereocenters. The molecule has 0 bridgehead atoms. The summed E-state index contributed by atoms with van der Waals surface area (Å²) in [7, 11) is 0. The molecule has 72 valence electrons. The van der Waals surface area contributed by atoms with Gasteiger partial charge in [-0.05, 0) is 11.6 Å². The van der Waals surface area contributed by atoms with Gasteiger partial charge in [-0.3, -0.25) is 0 Å². The zero-order valence-electron chi connectivity index (χ0n) is 6.33. The average Bonchev–Trinajstić information content (AvgIpc) is 2.01. The second-order valence-corrected chi connectivity index (χ2v) is 2.97. The minimum atomic E-state index is -4.63. The Bertz CT molecular complexity index is 306. The molecule has 0 radical (unpaired) electrons. The number of hydrogen-bond acceptors (Lipinski definition) is 0. The fourth-order valence-corrected chi connectivity index (χ4v) is 1.46. The molecular formula is C8H5BrF4. The molecule has 13 heavy (non-hydrogen) atoms. The van der Waals surface area contributed by atoms with Crippen LogP contribution in [0.2, 0.25) is 0 Å². The van der Waals surface area contributed by atoms with Crippen LogP contribution in [0.4, 0.5) is 17.6 Å². The molecule has 0 aliphatic heterocycles. The van der Waals surface area contributed by atoms with Gasteiger partial charge in [-0.15, -0.1) is 0 Å². The van der Waals surface area contributed by atoms with Crippen LogP contribution in [0, 0.1) is 5.82 Å². The lowest BCUT2D eigenvalue weighted by Crippen LogP contribution is -2.11. The smallest absolute Gasteiger partial charge is 0.206 e. The summed E-state index contributed by atoms with van der Waals surface area (Å²) in [6.45, 7) is 0. The Morgan fingerprint density at radius 1 is 1.23 bits per heavy atom. The maximum atomic E-state index is 12.8. The standard InChI is InChI=1S/C8H5BrF4/c9-4-5-2-1-3-6(10)7(5)8(11,12)13/h1-3H,4H2. The highest BCUT2D eigenvalue weighted by molar-refractivity contribution is 9.08. The van der Waals surface area contributed by atoms with Gasteiger partial charge < -0.3 is 0 Å². The van der Waals surface area contributed by atoms with Crippen molar-refractivity contribution in [1.82, 2.24) is 0 Å². The van der Waals surface area contributed by atoms with E-state index in [9.17, 15) is 17.6 Å². The average molecular weight is 257 g/mol. The third kappa shape index (κ3) is 2.21. The first-order valence-corrected chi connectivity index (χ1v) is 4.49. The van der Waals surface area contributed by atoms with Crippen molar-refractivity contribution in [2.24, 2.45) is 0 Å². The van der Waals surface area contributed by atoms with Gasteiger partial charge in [0.25, 0.3) is 0 Å². The van der Waals surface area contributed by atoms with Crippen LogP contribution in [0.1, 0.15) is 11.1 Å². The van der Waals surface area contributed by atoms with Gasteiger partial charge in [0.05, 0.1) is 5.56 Å². The first kappa shape index (κ1) is 10.5. The lowest BCUT2D eigenvalue weighted by atomic mass is 10.1. The van der Waals surface area contributed by atoms with Crippen LogP contribution in [0.25, 0.3) is 0 Å². The van der Waals surface area contributed by atoms with E-state index in [-0.39, 0.29) is 10.9 Å². The summed E-state index contributed by atoms with van der Waals surface area (Å²) in [5.74, 6) is -1.23. The maximum Gasteiger partial charge on any atom is 0.419 e. The summed E-state index contributed by atoms with van der Waals surface area (Å²) in [5, 5.41) is -0.0143. The van der Waals surface area contributed by atoms with Gasteiger partial charge in [0.15, 0.2) is 0 Å². The van der Waals surface area contributed by atoms with E-state index in [1.807, 2.05) is 0 Å². The van der Waals surface area contributed by atoms with Crippen molar-refractivity contribution >= 4 is 15.9 Å². The van der Waals surface area contributed by atoms with E-state index >= 15 is 0 Å². The van der Waals surface area contributed by atoms with Gasteiger partial charge in [-0.25, -0.2) is 4.39 Å². The number of hydrogen-bond donors (Lipinski definition) is 0. The van der Waals surface area contributed by atoms with Gasteiger partial charge in [0.2, 0.25) is 0 Å². The summed E-state index contributed by atoms with van der Waals surface area (Å²) in [5.41, 5.74) is -1.28. The van der Waals surface area contributed by atoms with Gasteiger partial charge >= 0.3 is 6.18 Å². The first-order chi connectivity index (χ1) is 5.96. The van der Waals surface area contributed by atoms with Crippen LogP contribution in [-0.2, 0) is 11.5 Å². The van der Waals surface area contributed by atoms with Crippen molar-refractivity contribution in [3.05, 3.63) is 35.1 Å². The summed E-state index contributed by atoms with van der Waals surface area (Å²) >= 11 is 2.87. The van der Waals surface area contributed by atoms with Crippen LogP contribution in [-0.4, -0.2) is 0 Å². The maximum absolute atomic E-state index is 12.8. The normalized spacial score (nSPS) is 11.8. The Balaban J connectivity index is 3.32. The van der Waals surface area contributed by atoms with E-state index < -0.39 is 17.6 Å². The van der Waals surface area contributed by atoms with Crippen LogP contribution >= 0.6 is 15.9 Å². The molecule has 1 aromatic rings. The molecule has 0 aliphatic carbocycles. The second kappa shape index (κ2) is 3.65. The Labute approximate surface area is 80.7 Å². The predicted octanol–water partition coefficient (Wildman–Crippen LogP) is 3.74. The summed E-state index contributed by atoms with van der Waals surface area (Å²) in [4.78, 5) is 0. The van der Waals surface area contributed by atoms with Gasteiger partial charge in [-0.2, -0.15) is 13.2 Å². The molecule has 0 amide bonds. The SMILES string of the molecule is Fc1cccc(CBr)c1C(F)(F)F. The Morgan fingerprint density at radius 3 is 2.23 bits per heavy atom. The van der Waals surface area contributed by atoms with E-state index in [4.69, 9.17) is 0 Å². The third-order valence-corrected chi connectivity index (χ3v) is 2.13. The van der Waals surface area contributed by atoms with Crippen LogP contribution in [0.5, 0.6) is 0 Å². The van der Waals surface area contributed by atoms with E-state index in [0.717, 1.165) is 6.07 Å². The van der Waals surface area contributed by atoms with Crippen molar-refractivity contribution in [2.45, 2.75) is 11.5 Å². The molecule has 0 atom stereocenters. The van der Waals surface area contributed by atoms with Gasteiger partial charge in [-0.1, -0.05) is 28.1 Å². The van der Waals surface area contributed by atoms with Crippen molar-refractivity contribution in [3.63, 3.8) is 0 Å². The van der Waals surface area contributed by atoms with Crippen molar-refractivity contribution in [1.29, 1.82) is 0 Å². The van der Waals surface area contributed by atoms with Crippen LogP contribution < -0.4 is 0 Å². The molecule has 0 N–H and O–H groups in total. The highest BCUT2D eigenvalue weighted by atomic mass is 79.9. The van der Waals surface area contributed by atoms with E-state index in [2.05, 4.69) is 15.9 Å². The van der Waals surface area contributed by atoms with Crippen molar-refractivity contribution < 1.29 is 17.6 Å². The van der Waals surface area contributed by atoms with Crippen LogP contribution in [0.3, 0.4) is 0 Å². The fraction of sp³-hybridized carbons (Fsp3) is 0.250. The molecule has 0 heterocycles. The number of rotatable bonds is 1. The molecule has 1 aromatic carbocycles. The van der Waals surface area contributed by atoms with Crippen LogP contribution in [0.15, 0.2) is 18.2 Å². The van der Waals surface area contributed by atoms with E-state index in [1.54, 1.807) is 0 Å². The Morgan fingerprint density at radius 2 is 1.85 bits per heavy atom. The number of alkyl halides is 4. The lowest BCUT2D eigenvalue weighted by molar-refractivity contribution is -0.140. The first-order valence-electron chi connectivity index (χ1n) is 3.37. The molecule has 0 aliphatic rings. The minimum Gasteiger partial charge on any atom is -0.206 e. The molecule has 0 nitrogen and oxygen atoms in total. The molecule has 1 rings (SSSR count). The largest absolute Gasteiger partial charge is 0.419 e. The molecule has 0 fully saturated rings. The van der Waals surface area contributed by atoms with Gasteiger partial charge in [0.1, 0.15) is 5.82 Å². The molecule has 0 saturated carbocycles. The molecule has 5 heteroatoms. The van der Waals surface area contributed by atoms with E-state index in [0.29, 0.717) is 0 Å². The molecule has 0 aromatic heterocycles. The number of benzene rings is 1. The Kier molecular flexibility index (Phi) is 2.95. The van der Waals surface area contributed by atoms with E-state index in [1.165, 1.54) is 12.1 Å². The molecular weight excluding hydrogens is 252 g/mol. The summed E-state index contributed by atoms with van der Waals surface area (Å²) in [6.07, 6.45) is -4.63. The topological polar surface area (TPSA) is 0 Å². The Hall–Kier alpha value is -0.580. The number of halogens is 5. The van der Waals surface area contributed by atoms with Crippen molar-refractivity contribution in [2.75, 3.05) is 0 Å². The summed E-state index contributed by atoms with van der Waals surface area (Å²) < 4.78 is 49.5. The van der Waals surface area contributed by atoms with Crippen molar-refractivity contribution in [3.8, 4) is 0 Å². The highest BCUT2D eigenvalue weighted by Gasteiger charge is 2.36. The zero-order valence-corrected chi connectivity index (χ0v) is 7.91. The molecule has 0 spiro atoms. The minimum absolute atomic E-state index is 0.0143. The summed E-state index contributed by atoms with van der Waals surface area (Å²) in [6, 6.07) is 3.29. The quantitative estimate of drug-likeness (QED) is 0.531. The fourth-order valence-electron chi connectivity index (χ4n) is 0.998. The monoisotopic (exact) mass is 256 g/mol. The zero-order chi connectivity index (χ0) is 10.1.